The minimum absolute atomic E-state index is 0.0287. The number of rotatable bonds is 8. The molecule has 2 aromatic carbocycles. The second kappa shape index (κ2) is 10.3. The third kappa shape index (κ3) is 5.22. The third-order valence-corrected chi connectivity index (χ3v) is 6.83. The topological polar surface area (TPSA) is 67.2 Å². The smallest absolute Gasteiger partial charge is 0.262 e. The SMILES string of the molecule is CN(C)CCCn1c(SCC(=O)N[C@H]2CCCc3ccccc32)nc2ccccc2c1=O. The van der Waals surface area contributed by atoms with E-state index in [4.69, 9.17) is 4.98 Å². The Morgan fingerprint density at radius 2 is 1.97 bits per heavy atom. The Bertz CT molecular complexity index is 1160. The van der Waals surface area contributed by atoms with Gasteiger partial charge >= 0.3 is 0 Å². The lowest BCUT2D eigenvalue weighted by Gasteiger charge is -2.26. The molecule has 0 aliphatic heterocycles. The van der Waals surface area contributed by atoms with Crippen molar-refractivity contribution < 1.29 is 4.79 Å². The fourth-order valence-electron chi connectivity index (χ4n) is 4.27. The number of aromatic nitrogens is 2. The molecule has 0 radical (unpaired) electrons. The second-order valence-corrected chi connectivity index (χ2v) is 9.47. The molecular formula is C25H30N4O2S. The Hall–Kier alpha value is -2.64. The zero-order valence-electron chi connectivity index (χ0n) is 18.7. The summed E-state index contributed by atoms with van der Waals surface area (Å²) in [4.78, 5) is 32.7. The first-order valence-electron chi connectivity index (χ1n) is 11.2. The summed E-state index contributed by atoms with van der Waals surface area (Å²) in [6, 6.07) is 15.8. The Morgan fingerprint density at radius 1 is 1.19 bits per heavy atom. The second-order valence-electron chi connectivity index (χ2n) is 8.52. The monoisotopic (exact) mass is 450 g/mol. The van der Waals surface area contributed by atoms with Gasteiger partial charge in [-0.1, -0.05) is 48.2 Å². The van der Waals surface area contributed by atoms with Crippen molar-refractivity contribution in [2.45, 2.75) is 43.4 Å². The van der Waals surface area contributed by atoms with E-state index in [-0.39, 0.29) is 23.3 Å². The molecule has 3 aromatic rings. The maximum absolute atomic E-state index is 13.1. The van der Waals surface area contributed by atoms with Crippen molar-refractivity contribution in [2.75, 3.05) is 26.4 Å². The highest BCUT2D eigenvalue weighted by Crippen LogP contribution is 2.29. The highest BCUT2D eigenvalue weighted by Gasteiger charge is 2.22. The lowest BCUT2D eigenvalue weighted by Crippen LogP contribution is -2.32. The van der Waals surface area contributed by atoms with E-state index in [2.05, 4.69) is 28.4 Å². The molecule has 0 unspecified atom stereocenters. The number of para-hydroxylation sites is 1. The minimum Gasteiger partial charge on any atom is -0.349 e. The van der Waals surface area contributed by atoms with Crippen LogP contribution in [0.25, 0.3) is 10.9 Å². The van der Waals surface area contributed by atoms with E-state index in [1.807, 2.05) is 44.4 Å². The molecule has 0 fully saturated rings. The van der Waals surface area contributed by atoms with Gasteiger partial charge in [0, 0.05) is 6.54 Å². The van der Waals surface area contributed by atoms with Crippen LogP contribution in [0.1, 0.15) is 36.4 Å². The van der Waals surface area contributed by atoms with Gasteiger partial charge in [0.2, 0.25) is 5.91 Å². The fraction of sp³-hybridized carbons (Fsp3) is 0.400. The van der Waals surface area contributed by atoms with E-state index < -0.39 is 0 Å². The normalized spacial score (nSPS) is 15.7. The zero-order valence-corrected chi connectivity index (χ0v) is 19.5. The molecule has 4 rings (SSSR count). The molecule has 6 nitrogen and oxygen atoms in total. The molecule has 0 spiro atoms. The van der Waals surface area contributed by atoms with Gasteiger partial charge in [-0.2, -0.15) is 0 Å². The van der Waals surface area contributed by atoms with E-state index >= 15 is 0 Å². The summed E-state index contributed by atoms with van der Waals surface area (Å²) < 4.78 is 1.72. The highest BCUT2D eigenvalue weighted by atomic mass is 32.2. The van der Waals surface area contributed by atoms with Gasteiger partial charge in [0.25, 0.3) is 5.56 Å². The van der Waals surface area contributed by atoms with Crippen molar-refractivity contribution in [2.24, 2.45) is 0 Å². The molecule has 1 aliphatic carbocycles. The standard InChI is InChI=1S/C25H30N4O2S/c1-28(2)15-8-16-29-24(31)20-12-5-6-13-22(20)27-25(29)32-17-23(30)26-21-14-7-10-18-9-3-4-11-19(18)21/h3-6,9,11-13,21H,7-8,10,14-17H2,1-2H3,(H,26,30)/t21-/m0/s1. The Morgan fingerprint density at radius 3 is 2.81 bits per heavy atom. The summed E-state index contributed by atoms with van der Waals surface area (Å²) in [5.74, 6) is 0.205. The Labute approximate surface area is 193 Å². The number of nitrogens with zero attached hydrogens (tertiary/aromatic N) is 3. The molecule has 1 aromatic heterocycles. The number of fused-ring (bicyclic) bond motifs is 2. The number of hydrogen-bond acceptors (Lipinski definition) is 5. The molecule has 1 atom stereocenters. The molecule has 32 heavy (non-hydrogen) atoms. The number of carbonyl (C=O) groups excluding carboxylic acids is 1. The highest BCUT2D eigenvalue weighted by molar-refractivity contribution is 7.99. The summed E-state index contributed by atoms with van der Waals surface area (Å²) in [5.41, 5.74) is 3.17. The van der Waals surface area contributed by atoms with Gasteiger partial charge in [0.1, 0.15) is 0 Å². The van der Waals surface area contributed by atoms with Crippen molar-refractivity contribution in [3.05, 3.63) is 70.0 Å². The van der Waals surface area contributed by atoms with Gasteiger partial charge in [-0.15, -0.1) is 0 Å². The fourth-order valence-corrected chi connectivity index (χ4v) is 5.11. The molecule has 1 amide bonds. The Balaban J connectivity index is 1.49. The number of carbonyl (C=O) groups is 1. The van der Waals surface area contributed by atoms with Crippen LogP contribution in [-0.2, 0) is 17.8 Å². The van der Waals surface area contributed by atoms with Crippen LogP contribution in [-0.4, -0.2) is 46.8 Å². The molecule has 0 saturated heterocycles. The lowest BCUT2D eigenvalue weighted by molar-refractivity contribution is -0.119. The van der Waals surface area contributed by atoms with Crippen LogP contribution < -0.4 is 10.9 Å². The van der Waals surface area contributed by atoms with Crippen LogP contribution in [0, 0.1) is 0 Å². The number of hydrogen-bond donors (Lipinski definition) is 1. The van der Waals surface area contributed by atoms with Crippen molar-refractivity contribution in [3.63, 3.8) is 0 Å². The first-order valence-corrected chi connectivity index (χ1v) is 12.2. The molecule has 1 N–H and O–H groups in total. The van der Waals surface area contributed by atoms with E-state index in [1.165, 1.54) is 22.9 Å². The number of thioether (sulfide) groups is 1. The molecular weight excluding hydrogens is 420 g/mol. The molecule has 1 heterocycles. The molecule has 168 valence electrons. The summed E-state index contributed by atoms with van der Waals surface area (Å²) in [7, 11) is 4.04. The molecule has 1 aliphatic rings. The van der Waals surface area contributed by atoms with Gasteiger partial charge in [0.05, 0.1) is 22.7 Å². The van der Waals surface area contributed by atoms with Crippen LogP contribution in [0.4, 0.5) is 0 Å². The van der Waals surface area contributed by atoms with E-state index in [9.17, 15) is 9.59 Å². The average molecular weight is 451 g/mol. The molecule has 0 saturated carbocycles. The zero-order chi connectivity index (χ0) is 22.5. The first-order chi connectivity index (χ1) is 15.5. The van der Waals surface area contributed by atoms with Crippen LogP contribution >= 0.6 is 11.8 Å². The number of amides is 1. The maximum atomic E-state index is 13.1. The largest absolute Gasteiger partial charge is 0.349 e. The van der Waals surface area contributed by atoms with Gasteiger partial charge in [-0.3, -0.25) is 14.2 Å². The lowest BCUT2D eigenvalue weighted by atomic mass is 9.88. The van der Waals surface area contributed by atoms with Crippen molar-refractivity contribution in [1.29, 1.82) is 0 Å². The Kier molecular flexibility index (Phi) is 7.27. The van der Waals surface area contributed by atoms with Crippen LogP contribution in [0.3, 0.4) is 0 Å². The number of benzene rings is 2. The van der Waals surface area contributed by atoms with Gasteiger partial charge in [-0.05, 0) is 69.6 Å². The van der Waals surface area contributed by atoms with Crippen molar-refractivity contribution in [3.8, 4) is 0 Å². The van der Waals surface area contributed by atoms with Crippen LogP contribution in [0.15, 0.2) is 58.5 Å². The first kappa shape index (κ1) is 22.6. The molecule has 7 heteroatoms. The van der Waals surface area contributed by atoms with Gasteiger partial charge in [0.15, 0.2) is 5.16 Å². The summed E-state index contributed by atoms with van der Waals surface area (Å²) >= 11 is 1.34. The summed E-state index contributed by atoms with van der Waals surface area (Å²) in [5, 5.41) is 4.41. The summed E-state index contributed by atoms with van der Waals surface area (Å²) in [6.45, 7) is 1.46. The number of aryl methyl sites for hydroxylation is 1. The minimum atomic E-state index is -0.0431. The molecule has 0 bridgehead atoms. The van der Waals surface area contributed by atoms with Crippen LogP contribution in [0.5, 0.6) is 0 Å². The van der Waals surface area contributed by atoms with Crippen molar-refractivity contribution in [1.82, 2.24) is 19.8 Å². The van der Waals surface area contributed by atoms with Gasteiger partial charge < -0.3 is 10.2 Å². The van der Waals surface area contributed by atoms with Gasteiger partial charge in [-0.25, -0.2) is 4.98 Å². The predicted molar refractivity (Wildman–Crippen MR) is 130 cm³/mol. The van der Waals surface area contributed by atoms with E-state index in [0.29, 0.717) is 22.6 Å². The van der Waals surface area contributed by atoms with E-state index in [1.54, 1.807) is 4.57 Å². The third-order valence-electron chi connectivity index (χ3n) is 5.85. The van der Waals surface area contributed by atoms with E-state index in [0.717, 1.165) is 32.2 Å². The quantitative estimate of drug-likeness (QED) is 0.419. The maximum Gasteiger partial charge on any atom is 0.262 e. The van der Waals surface area contributed by atoms with Crippen molar-refractivity contribution >= 4 is 28.6 Å². The predicted octanol–water partition coefficient (Wildman–Crippen LogP) is 3.63. The average Bonchev–Trinajstić information content (AvgIpc) is 2.79. The number of nitrogens with one attached hydrogen (secondary N) is 1. The summed E-state index contributed by atoms with van der Waals surface area (Å²) in [6.07, 6.45) is 3.94. The van der Waals surface area contributed by atoms with Crippen LogP contribution in [0.2, 0.25) is 0 Å².